The molecule has 0 aliphatic heterocycles. The van der Waals surface area contributed by atoms with Crippen molar-refractivity contribution in [2.24, 2.45) is 0 Å². The van der Waals surface area contributed by atoms with E-state index in [2.05, 4.69) is 0 Å². The fourth-order valence-corrected chi connectivity index (χ4v) is 0.850. The lowest BCUT2D eigenvalue weighted by Crippen LogP contribution is -2.38. The van der Waals surface area contributed by atoms with Crippen molar-refractivity contribution in [1.29, 1.82) is 0 Å². The first-order chi connectivity index (χ1) is 6.47. The molecule has 84 valence electrons. The van der Waals surface area contributed by atoms with Gasteiger partial charge in [0.1, 0.15) is 0 Å². The molecule has 0 saturated heterocycles. The van der Waals surface area contributed by atoms with Crippen LogP contribution < -0.4 is 0 Å². The van der Waals surface area contributed by atoms with Crippen molar-refractivity contribution >= 4 is 5.91 Å². The van der Waals surface area contributed by atoms with Crippen molar-refractivity contribution in [3.63, 3.8) is 0 Å². The van der Waals surface area contributed by atoms with Crippen molar-refractivity contribution in [3.8, 4) is 0 Å². The van der Waals surface area contributed by atoms with E-state index in [1.807, 2.05) is 0 Å². The number of rotatable bonds is 6. The Morgan fingerprint density at radius 2 is 1.50 bits per heavy atom. The molecule has 0 aromatic rings. The smallest absolute Gasteiger partial charge is 0.255 e. The predicted molar refractivity (Wildman–Crippen MR) is 39.2 cm³/mol. The molecule has 0 aliphatic rings. The summed E-state index contributed by atoms with van der Waals surface area (Å²) in [4.78, 5) is 11.1. The summed E-state index contributed by atoms with van der Waals surface area (Å²) in [5.74, 6) is -1.02. The lowest BCUT2D eigenvalue weighted by molar-refractivity contribution is -0.135. The van der Waals surface area contributed by atoms with Crippen molar-refractivity contribution in [3.05, 3.63) is 0 Å². The van der Waals surface area contributed by atoms with Crippen LogP contribution in [0.15, 0.2) is 0 Å². The van der Waals surface area contributed by atoms with Gasteiger partial charge in [-0.05, 0) is 0 Å². The normalized spacial score (nSPS) is 11.1. The summed E-state index contributed by atoms with van der Waals surface area (Å²) < 4.78 is 58.9. The highest BCUT2D eigenvalue weighted by Crippen LogP contribution is 2.05. The van der Waals surface area contributed by atoms with Gasteiger partial charge in [0.15, 0.2) is 0 Å². The zero-order chi connectivity index (χ0) is 11.1. The second kappa shape index (κ2) is 6.56. The largest absolute Gasteiger partial charge is 0.331 e. The molecule has 0 atom stereocenters. The molecule has 0 spiro atoms. The number of carbonyl (C=O) groups excluding carboxylic acids is 1. The second-order valence-corrected chi connectivity index (χ2v) is 2.52. The van der Waals surface area contributed by atoms with Crippen LogP contribution in [0, 0.1) is 0 Å². The number of nitrogens with zero attached hydrogens (tertiary/aromatic N) is 1. The maximum absolute atomic E-state index is 11.8. The Hall–Kier alpha value is -0.880. The molecule has 1 amide bonds. The van der Waals surface area contributed by atoms with Gasteiger partial charge in [0.2, 0.25) is 5.91 Å². The van der Waals surface area contributed by atoms with Gasteiger partial charge < -0.3 is 4.90 Å². The third-order valence-corrected chi connectivity index (χ3v) is 1.38. The lowest BCUT2D eigenvalue weighted by atomic mass is 10.3. The molecule has 0 radical (unpaired) electrons. The summed E-state index contributed by atoms with van der Waals surface area (Å²) in [7, 11) is 0. The van der Waals surface area contributed by atoms with E-state index in [0.717, 1.165) is 0 Å². The van der Waals surface area contributed by atoms with E-state index in [1.165, 1.54) is 0 Å². The number of alkyl halides is 5. The molecule has 0 fully saturated rings. The highest BCUT2D eigenvalue weighted by Gasteiger charge is 2.21. The maximum Gasteiger partial charge on any atom is 0.255 e. The summed E-state index contributed by atoms with van der Waals surface area (Å²) in [6.07, 6.45) is -6.42. The van der Waals surface area contributed by atoms with Crippen molar-refractivity contribution in [1.82, 2.24) is 4.90 Å². The molecule has 0 heterocycles. The van der Waals surface area contributed by atoms with Crippen LogP contribution in [0.25, 0.3) is 0 Å². The quantitative estimate of drug-likeness (QED) is 0.622. The zero-order valence-corrected chi connectivity index (χ0v) is 7.23. The third kappa shape index (κ3) is 5.71. The first-order valence-corrected chi connectivity index (χ1v) is 3.87. The van der Waals surface area contributed by atoms with Gasteiger partial charge in [-0.25, -0.2) is 17.6 Å². The van der Waals surface area contributed by atoms with E-state index in [9.17, 15) is 26.7 Å². The highest BCUT2D eigenvalue weighted by atomic mass is 19.3. The van der Waals surface area contributed by atoms with Crippen LogP contribution >= 0.6 is 0 Å². The van der Waals surface area contributed by atoms with Gasteiger partial charge in [-0.2, -0.15) is 0 Å². The maximum atomic E-state index is 11.8. The minimum Gasteiger partial charge on any atom is -0.331 e. The fraction of sp³-hybridized carbons (Fsp3) is 0.857. The van der Waals surface area contributed by atoms with Gasteiger partial charge in [-0.1, -0.05) is 0 Å². The SMILES string of the molecule is O=C(CCF)N(CC(F)F)CC(F)F. The summed E-state index contributed by atoms with van der Waals surface area (Å²) in [5, 5.41) is 0. The van der Waals surface area contributed by atoms with E-state index in [1.54, 1.807) is 0 Å². The second-order valence-electron chi connectivity index (χ2n) is 2.52. The number of hydrogen-bond acceptors (Lipinski definition) is 1. The van der Waals surface area contributed by atoms with Crippen LogP contribution in [-0.2, 0) is 4.79 Å². The zero-order valence-electron chi connectivity index (χ0n) is 7.23. The van der Waals surface area contributed by atoms with Gasteiger partial charge in [-0.15, -0.1) is 0 Å². The topological polar surface area (TPSA) is 20.3 Å². The first-order valence-electron chi connectivity index (χ1n) is 3.87. The molecule has 2 nitrogen and oxygen atoms in total. The van der Waals surface area contributed by atoms with Gasteiger partial charge in [0, 0.05) is 0 Å². The molecule has 0 aliphatic carbocycles. The van der Waals surface area contributed by atoms with Crippen molar-refractivity contribution in [2.75, 3.05) is 19.8 Å². The molecule has 0 rings (SSSR count). The Labute approximate surface area is 77.7 Å². The number of carbonyl (C=O) groups is 1. The number of amides is 1. The summed E-state index contributed by atoms with van der Waals surface area (Å²) in [6, 6.07) is 0. The van der Waals surface area contributed by atoms with Gasteiger partial charge >= 0.3 is 0 Å². The van der Waals surface area contributed by atoms with Crippen LogP contribution in [0.2, 0.25) is 0 Å². The Kier molecular flexibility index (Phi) is 6.14. The standard InChI is InChI=1S/C7H10F5NO/c8-2-1-7(14)13(3-5(9)10)4-6(11)12/h5-6H,1-4H2. The number of halogens is 5. The van der Waals surface area contributed by atoms with Crippen molar-refractivity contribution < 1.29 is 26.7 Å². The van der Waals surface area contributed by atoms with Crippen LogP contribution in [0.4, 0.5) is 22.0 Å². The Morgan fingerprint density at radius 1 is 1.07 bits per heavy atom. The van der Waals surface area contributed by atoms with Gasteiger partial charge in [0.25, 0.3) is 12.9 Å². The number of hydrogen-bond donors (Lipinski definition) is 0. The van der Waals surface area contributed by atoms with E-state index < -0.39 is 44.9 Å². The van der Waals surface area contributed by atoms with E-state index >= 15 is 0 Å². The molecule has 0 unspecified atom stereocenters. The molecular weight excluding hydrogens is 209 g/mol. The molecule has 0 N–H and O–H groups in total. The monoisotopic (exact) mass is 219 g/mol. The van der Waals surface area contributed by atoms with Crippen LogP contribution in [-0.4, -0.2) is 43.4 Å². The van der Waals surface area contributed by atoms with E-state index in [4.69, 9.17) is 0 Å². The lowest BCUT2D eigenvalue weighted by Gasteiger charge is -2.21. The van der Waals surface area contributed by atoms with Crippen LogP contribution in [0.3, 0.4) is 0 Å². The third-order valence-electron chi connectivity index (χ3n) is 1.38. The molecule has 0 aromatic carbocycles. The predicted octanol–water partition coefficient (Wildman–Crippen LogP) is 1.70. The Morgan fingerprint density at radius 3 is 1.79 bits per heavy atom. The Balaban J connectivity index is 4.15. The minimum atomic E-state index is -2.89. The molecular formula is C7H10F5NO. The fourth-order valence-electron chi connectivity index (χ4n) is 0.850. The van der Waals surface area contributed by atoms with Crippen LogP contribution in [0.5, 0.6) is 0 Å². The first kappa shape index (κ1) is 13.1. The van der Waals surface area contributed by atoms with E-state index in [0.29, 0.717) is 0 Å². The average molecular weight is 219 g/mol. The Bertz CT molecular complexity index is 165. The minimum absolute atomic E-state index is 0.273. The average Bonchev–Trinajstić information content (AvgIpc) is 2.01. The molecule has 7 heteroatoms. The highest BCUT2D eigenvalue weighted by molar-refractivity contribution is 5.76. The van der Waals surface area contributed by atoms with Gasteiger partial charge in [0.05, 0.1) is 26.2 Å². The van der Waals surface area contributed by atoms with Gasteiger partial charge in [-0.3, -0.25) is 9.18 Å². The molecule has 0 bridgehead atoms. The van der Waals surface area contributed by atoms with Crippen LogP contribution in [0.1, 0.15) is 6.42 Å². The summed E-state index contributed by atoms with van der Waals surface area (Å²) >= 11 is 0. The van der Waals surface area contributed by atoms with E-state index in [-0.39, 0.29) is 4.90 Å². The summed E-state index contributed by atoms with van der Waals surface area (Å²) in [6.45, 7) is -3.20. The molecule has 0 saturated carbocycles. The summed E-state index contributed by atoms with van der Waals surface area (Å²) in [5.41, 5.74) is 0. The van der Waals surface area contributed by atoms with Crippen molar-refractivity contribution in [2.45, 2.75) is 19.3 Å². The molecule has 14 heavy (non-hydrogen) atoms. The molecule has 0 aromatic heterocycles.